The fourth-order valence-corrected chi connectivity index (χ4v) is 1.06. The van der Waals surface area contributed by atoms with E-state index in [-0.39, 0.29) is 5.91 Å². The Bertz CT molecular complexity index is 196. The van der Waals surface area contributed by atoms with E-state index in [0.717, 1.165) is 5.71 Å². The van der Waals surface area contributed by atoms with Gasteiger partial charge in [0.15, 0.2) is 0 Å². The maximum atomic E-state index is 11.1. The first-order valence-electron chi connectivity index (χ1n) is 4.03. The summed E-state index contributed by atoms with van der Waals surface area (Å²) in [7, 11) is 0. The van der Waals surface area contributed by atoms with Crippen LogP contribution < -0.4 is 0 Å². The number of carbonyl (C=O) groups excluding carboxylic acids is 1. The molecule has 0 bridgehead atoms. The van der Waals surface area contributed by atoms with Crippen molar-refractivity contribution in [2.24, 2.45) is 11.0 Å². The first kappa shape index (κ1) is 8.24. The molecule has 1 heterocycles. The first-order valence-corrected chi connectivity index (χ1v) is 4.03. The van der Waals surface area contributed by atoms with E-state index in [4.69, 9.17) is 0 Å². The molecular formula is C8H14N2O. The number of hydrogen-bond acceptors (Lipinski definition) is 2. The number of nitrogens with zero attached hydrogens (tertiary/aromatic N) is 2. The molecule has 11 heavy (non-hydrogen) atoms. The van der Waals surface area contributed by atoms with Gasteiger partial charge in [-0.2, -0.15) is 5.10 Å². The predicted molar refractivity (Wildman–Crippen MR) is 44.3 cm³/mol. The van der Waals surface area contributed by atoms with Crippen LogP contribution in [0.3, 0.4) is 0 Å². The molecule has 1 aliphatic rings. The monoisotopic (exact) mass is 154 g/mol. The maximum Gasteiger partial charge on any atom is 0.248 e. The van der Waals surface area contributed by atoms with Gasteiger partial charge in [-0.3, -0.25) is 4.79 Å². The second-order valence-electron chi connectivity index (χ2n) is 3.03. The van der Waals surface area contributed by atoms with E-state index in [1.807, 2.05) is 6.92 Å². The smallest absolute Gasteiger partial charge is 0.248 e. The molecule has 0 spiro atoms. The van der Waals surface area contributed by atoms with Crippen LogP contribution in [-0.2, 0) is 4.79 Å². The minimum absolute atomic E-state index is 0.135. The van der Waals surface area contributed by atoms with Crippen LogP contribution in [0.5, 0.6) is 0 Å². The molecule has 0 saturated carbocycles. The third kappa shape index (κ3) is 1.59. The highest BCUT2D eigenvalue weighted by Gasteiger charge is 2.23. The molecule has 0 fully saturated rings. The van der Waals surface area contributed by atoms with Crippen LogP contribution in [0.2, 0.25) is 0 Å². The highest BCUT2D eigenvalue weighted by Crippen LogP contribution is 2.13. The van der Waals surface area contributed by atoms with Gasteiger partial charge in [0.25, 0.3) is 0 Å². The lowest BCUT2D eigenvalue weighted by Crippen LogP contribution is -2.19. The number of amides is 1. The van der Waals surface area contributed by atoms with Crippen LogP contribution in [0.4, 0.5) is 0 Å². The van der Waals surface area contributed by atoms with Crippen molar-refractivity contribution in [2.45, 2.75) is 27.2 Å². The van der Waals surface area contributed by atoms with Gasteiger partial charge in [-0.1, -0.05) is 13.8 Å². The molecule has 0 aromatic heterocycles. The lowest BCUT2D eigenvalue weighted by Gasteiger charge is -2.05. The highest BCUT2D eigenvalue weighted by molar-refractivity contribution is 6.05. The van der Waals surface area contributed by atoms with Gasteiger partial charge < -0.3 is 0 Å². The molecule has 0 atom stereocenters. The minimum atomic E-state index is 0.135. The molecule has 1 amide bonds. The standard InChI is InChI=1S/C8H14N2O/c1-4-10-8(11)5-7(9-10)6(2)3/h6H,4-5H2,1-3H3. The van der Waals surface area contributed by atoms with E-state index in [1.54, 1.807) is 0 Å². The highest BCUT2D eigenvalue weighted by atomic mass is 16.2. The molecule has 3 nitrogen and oxygen atoms in total. The first-order chi connectivity index (χ1) is 5.15. The van der Waals surface area contributed by atoms with Gasteiger partial charge in [0.05, 0.1) is 12.1 Å². The normalized spacial score (nSPS) is 18.0. The molecule has 1 rings (SSSR count). The summed E-state index contributed by atoms with van der Waals surface area (Å²) in [4.78, 5) is 11.1. The molecular weight excluding hydrogens is 140 g/mol. The number of rotatable bonds is 2. The molecule has 0 aromatic rings. The van der Waals surface area contributed by atoms with Crippen molar-refractivity contribution < 1.29 is 4.79 Å². The van der Waals surface area contributed by atoms with Crippen molar-refractivity contribution >= 4 is 11.6 Å². The second-order valence-corrected chi connectivity index (χ2v) is 3.03. The predicted octanol–water partition coefficient (Wildman–Crippen LogP) is 1.25. The van der Waals surface area contributed by atoms with Crippen molar-refractivity contribution in [2.75, 3.05) is 6.54 Å². The van der Waals surface area contributed by atoms with Gasteiger partial charge in [0.2, 0.25) is 5.91 Å². The zero-order chi connectivity index (χ0) is 8.43. The summed E-state index contributed by atoms with van der Waals surface area (Å²) in [5.74, 6) is 0.534. The minimum Gasteiger partial charge on any atom is -0.273 e. The molecule has 3 heteroatoms. The van der Waals surface area contributed by atoms with Gasteiger partial charge >= 0.3 is 0 Å². The van der Waals surface area contributed by atoms with Crippen LogP contribution >= 0.6 is 0 Å². The Hall–Kier alpha value is -0.860. The van der Waals surface area contributed by atoms with Crippen molar-refractivity contribution in [3.8, 4) is 0 Å². The molecule has 0 unspecified atom stereocenters. The van der Waals surface area contributed by atoms with Crippen molar-refractivity contribution in [1.82, 2.24) is 5.01 Å². The Kier molecular flexibility index (Phi) is 2.27. The largest absolute Gasteiger partial charge is 0.273 e. The quantitative estimate of drug-likeness (QED) is 0.589. The Labute approximate surface area is 67.1 Å². The van der Waals surface area contributed by atoms with Gasteiger partial charge in [0, 0.05) is 6.54 Å². The maximum absolute atomic E-state index is 11.1. The van der Waals surface area contributed by atoms with Crippen LogP contribution in [-0.4, -0.2) is 23.2 Å². The lowest BCUT2D eigenvalue weighted by atomic mass is 10.1. The van der Waals surface area contributed by atoms with Gasteiger partial charge in [-0.05, 0) is 12.8 Å². The van der Waals surface area contributed by atoms with Crippen LogP contribution in [0.1, 0.15) is 27.2 Å². The Morgan fingerprint density at radius 3 is 2.55 bits per heavy atom. The van der Waals surface area contributed by atoms with E-state index < -0.39 is 0 Å². The van der Waals surface area contributed by atoms with Crippen molar-refractivity contribution in [3.63, 3.8) is 0 Å². The Balaban J connectivity index is 2.67. The lowest BCUT2D eigenvalue weighted by molar-refractivity contribution is -0.128. The second kappa shape index (κ2) is 3.03. The Morgan fingerprint density at radius 1 is 1.64 bits per heavy atom. The third-order valence-electron chi connectivity index (χ3n) is 1.84. The van der Waals surface area contributed by atoms with Gasteiger partial charge in [-0.25, -0.2) is 5.01 Å². The molecule has 0 saturated heterocycles. The Morgan fingerprint density at radius 2 is 2.27 bits per heavy atom. The molecule has 0 aromatic carbocycles. The summed E-state index contributed by atoms with van der Waals surface area (Å²) in [6, 6.07) is 0. The fraction of sp³-hybridized carbons (Fsp3) is 0.750. The van der Waals surface area contributed by atoms with E-state index in [0.29, 0.717) is 18.9 Å². The molecule has 0 radical (unpaired) electrons. The van der Waals surface area contributed by atoms with E-state index in [9.17, 15) is 4.79 Å². The summed E-state index contributed by atoms with van der Waals surface area (Å²) in [5, 5.41) is 5.72. The fourth-order valence-electron chi connectivity index (χ4n) is 1.06. The van der Waals surface area contributed by atoms with Gasteiger partial charge in [-0.15, -0.1) is 0 Å². The van der Waals surface area contributed by atoms with Crippen LogP contribution in [0.15, 0.2) is 5.10 Å². The topological polar surface area (TPSA) is 32.7 Å². The molecule has 0 aliphatic carbocycles. The third-order valence-corrected chi connectivity index (χ3v) is 1.84. The van der Waals surface area contributed by atoms with Gasteiger partial charge in [0.1, 0.15) is 0 Å². The zero-order valence-electron chi connectivity index (χ0n) is 7.29. The summed E-state index contributed by atoms with van der Waals surface area (Å²) in [6.45, 7) is 6.75. The average Bonchev–Trinajstić information content (AvgIpc) is 2.31. The average molecular weight is 154 g/mol. The van der Waals surface area contributed by atoms with Crippen molar-refractivity contribution in [1.29, 1.82) is 0 Å². The van der Waals surface area contributed by atoms with E-state index in [2.05, 4.69) is 18.9 Å². The van der Waals surface area contributed by atoms with E-state index >= 15 is 0 Å². The molecule has 1 aliphatic heterocycles. The zero-order valence-corrected chi connectivity index (χ0v) is 7.29. The summed E-state index contributed by atoms with van der Waals surface area (Å²) in [6.07, 6.45) is 0.519. The van der Waals surface area contributed by atoms with E-state index in [1.165, 1.54) is 5.01 Å². The summed E-state index contributed by atoms with van der Waals surface area (Å²) in [5.41, 5.74) is 1.01. The van der Waals surface area contributed by atoms with Crippen LogP contribution in [0, 0.1) is 5.92 Å². The summed E-state index contributed by atoms with van der Waals surface area (Å²) < 4.78 is 0. The molecule has 62 valence electrons. The number of carbonyl (C=O) groups is 1. The number of hydrazone groups is 1. The number of hydrogen-bond donors (Lipinski definition) is 0. The summed E-state index contributed by atoms with van der Waals surface area (Å²) >= 11 is 0. The molecule has 0 N–H and O–H groups in total. The van der Waals surface area contributed by atoms with Crippen molar-refractivity contribution in [3.05, 3.63) is 0 Å². The van der Waals surface area contributed by atoms with Crippen LogP contribution in [0.25, 0.3) is 0 Å². The SMILES string of the molecule is CCN1N=C(C(C)C)CC1=O.